The van der Waals surface area contributed by atoms with Crippen molar-refractivity contribution in [1.82, 2.24) is 29.8 Å². The number of fused-ring (bicyclic) bond motifs is 2. The maximum absolute atomic E-state index is 12.6. The van der Waals surface area contributed by atoms with Gasteiger partial charge in [-0.1, -0.05) is 26.2 Å². The lowest BCUT2D eigenvalue weighted by Gasteiger charge is -2.33. The second-order valence-electron chi connectivity index (χ2n) is 10.9. The molecule has 0 radical (unpaired) electrons. The van der Waals surface area contributed by atoms with Gasteiger partial charge >= 0.3 is 6.03 Å². The first-order chi connectivity index (χ1) is 18.1. The quantitative estimate of drug-likeness (QED) is 0.538. The Balaban J connectivity index is 1.45. The van der Waals surface area contributed by atoms with Crippen LogP contribution in [0.4, 0.5) is 16.3 Å². The van der Waals surface area contributed by atoms with Gasteiger partial charge in [0.25, 0.3) is 0 Å². The third-order valence-electron chi connectivity index (χ3n) is 8.56. The molecule has 1 N–H and O–H groups in total. The number of nitrogens with one attached hydrogen (secondary N) is 1. The van der Waals surface area contributed by atoms with Gasteiger partial charge < -0.3 is 15.1 Å². The van der Waals surface area contributed by atoms with E-state index < -0.39 is 0 Å². The fourth-order valence-corrected chi connectivity index (χ4v) is 6.62. The van der Waals surface area contributed by atoms with Gasteiger partial charge in [0.1, 0.15) is 0 Å². The number of carbonyl (C=O) groups excluding carboxylic acids is 1. The highest BCUT2D eigenvalue weighted by Gasteiger charge is 2.34. The Kier molecular flexibility index (Phi) is 6.42. The monoisotopic (exact) mass is 501 g/mol. The molecule has 6 rings (SSSR count). The van der Waals surface area contributed by atoms with Crippen LogP contribution >= 0.6 is 0 Å². The first-order valence-electron chi connectivity index (χ1n) is 14.1. The van der Waals surface area contributed by atoms with E-state index in [1.165, 1.54) is 71.3 Å². The molecular weight excluding hydrogens is 462 g/mol. The standard InChI is InChI=1S/C29H39N7O/c1-4-20-16-27-21(15-24(20)22-17-31-33(3)18-22)9-8-13-35(27)28-25-19-34(29(37)30-2)14-12-26(25)36(32-28)23-10-6-5-7-11-23/h15-18,23H,4-14,19H2,1-3H3,(H,30,37). The molecule has 1 fully saturated rings. The van der Waals surface area contributed by atoms with Crippen molar-refractivity contribution in [3.05, 3.63) is 46.9 Å². The average Bonchev–Trinajstić information content (AvgIpc) is 3.55. The number of rotatable bonds is 4. The van der Waals surface area contributed by atoms with Gasteiger partial charge in [0, 0.05) is 62.3 Å². The molecule has 196 valence electrons. The molecular formula is C29H39N7O. The van der Waals surface area contributed by atoms with Crippen LogP contribution in [0.2, 0.25) is 0 Å². The average molecular weight is 502 g/mol. The van der Waals surface area contributed by atoms with Gasteiger partial charge in [-0.3, -0.25) is 9.36 Å². The summed E-state index contributed by atoms with van der Waals surface area (Å²) in [6.07, 6.45) is 14.4. The van der Waals surface area contributed by atoms with Crippen LogP contribution < -0.4 is 10.2 Å². The number of hydrogen-bond acceptors (Lipinski definition) is 4. The van der Waals surface area contributed by atoms with Gasteiger partial charge in [-0.15, -0.1) is 0 Å². The zero-order chi connectivity index (χ0) is 25.5. The van der Waals surface area contributed by atoms with Gasteiger partial charge in [-0.2, -0.15) is 10.2 Å². The first kappa shape index (κ1) is 24.1. The van der Waals surface area contributed by atoms with Crippen molar-refractivity contribution in [3.63, 3.8) is 0 Å². The van der Waals surface area contributed by atoms with Crippen LogP contribution in [0.25, 0.3) is 11.1 Å². The van der Waals surface area contributed by atoms with Crippen molar-refractivity contribution in [1.29, 1.82) is 0 Å². The number of amides is 2. The summed E-state index contributed by atoms with van der Waals surface area (Å²) in [5.74, 6) is 1.06. The lowest BCUT2D eigenvalue weighted by atomic mass is 9.91. The number of nitrogens with zero attached hydrogens (tertiary/aromatic N) is 6. The summed E-state index contributed by atoms with van der Waals surface area (Å²) in [5.41, 5.74) is 9.05. The number of aryl methyl sites for hydroxylation is 3. The van der Waals surface area contributed by atoms with E-state index in [1.54, 1.807) is 7.05 Å². The van der Waals surface area contributed by atoms with Crippen LogP contribution in [-0.2, 0) is 32.9 Å². The molecule has 1 aliphatic carbocycles. The van der Waals surface area contributed by atoms with Gasteiger partial charge in [-0.25, -0.2) is 4.79 Å². The lowest BCUT2D eigenvalue weighted by Crippen LogP contribution is -2.42. The van der Waals surface area contributed by atoms with Gasteiger partial charge in [0.05, 0.1) is 18.8 Å². The smallest absolute Gasteiger partial charge is 0.317 e. The molecule has 2 amide bonds. The second-order valence-corrected chi connectivity index (χ2v) is 10.9. The van der Waals surface area contributed by atoms with E-state index in [2.05, 4.69) is 45.3 Å². The van der Waals surface area contributed by atoms with Crippen LogP contribution in [0.3, 0.4) is 0 Å². The Hall–Kier alpha value is -3.29. The highest BCUT2D eigenvalue weighted by molar-refractivity contribution is 5.78. The number of aromatic nitrogens is 4. The summed E-state index contributed by atoms with van der Waals surface area (Å²) in [6.45, 7) is 4.55. The Bertz CT molecular complexity index is 1300. The fraction of sp³-hybridized carbons (Fsp3) is 0.552. The Labute approximate surface area is 219 Å². The molecule has 1 saturated carbocycles. The molecule has 0 bridgehead atoms. The number of carbonyl (C=O) groups is 1. The van der Waals surface area contributed by atoms with Gasteiger partial charge in [0.15, 0.2) is 5.82 Å². The van der Waals surface area contributed by atoms with Crippen LogP contribution in [0.15, 0.2) is 24.5 Å². The molecule has 0 atom stereocenters. The predicted octanol–water partition coefficient (Wildman–Crippen LogP) is 5.13. The summed E-state index contributed by atoms with van der Waals surface area (Å²) in [4.78, 5) is 17.0. The summed E-state index contributed by atoms with van der Waals surface area (Å²) in [5, 5.41) is 12.6. The number of benzene rings is 1. The van der Waals surface area contributed by atoms with Crippen molar-refractivity contribution >= 4 is 17.5 Å². The van der Waals surface area contributed by atoms with E-state index in [9.17, 15) is 4.79 Å². The molecule has 2 aliphatic heterocycles. The largest absolute Gasteiger partial charge is 0.341 e. The number of hydrogen-bond donors (Lipinski definition) is 1. The Morgan fingerprint density at radius 1 is 1.11 bits per heavy atom. The maximum atomic E-state index is 12.6. The van der Waals surface area contributed by atoms with Crippen molar-refractivity contribution in [3.8, 4) is 11.1 Å². The predicted molar refractivity (Wildman–Crippen MR) is 146 cm³/mol. The first-order valence-corrected chi connectivity index (χ1v) is 14.1. The highest BCUT2D eigenvalue weighted by Crippen LogP contribution is 2.42. The number of anilines is 2. The van der Waals surface area contributed by atoms with E-state index in [-0.39, 0.29) is 6.03 Å². The van der Waals surface area contributed by atoms with E-state index in [0.717, 1.165) is 44.6 Å². The lowest BCUT2D eigenvalue weighted by molar-refractivity contribution is 0.193. The number of urea groups is 1. The van der Waals surface area contributed by atoms with Crippen molar-refractivity contribution in [2.45, 2.75) is 77.3 Å². The maximum Gasteiger partial charge on any atom is 0.317 e. The van der Waals surface area contributed by atoms with Crippen molar-refractivity contribution in [2.24, 2.45) is 7.05 Å². The molecule has 37 heavy (non-hydrogen) atoms. The molecule has 0 spiro atoms. The van der Waals surface area contributed by atoms with Crippen LogP contribution in [0.5, 0.6) is 0 Å². The Morgan fingerprint density at radius 2 is 1.95 bits per heavy atom. The minimum atomic E-state index is -0.00422. The van der Waals surface area contributed by atoms with Gasteiger partial charge in [-0.05, 0) is 60.9 Å². The molecule has 4 heterocycles. The third kappa shape index (κ3) is 4.30. The summed E-state index contributed by atoms with van der Waals surface area (Å²) < 4.78 is 4.24. The minimum absolute atomic E-state index is 0.00422. The summed E-state index contributed by atoms with van der Waals surface area (Å²) in [6, 6.07) is 5.25. The second kappa shape index (κ2) is 9.88. The van der Waals surface area contributed by atoms with E-state index in [4.69, 9.17) is 5.10 Å². The molecule has 8 nitrogen and oxygen atoms in total. The van der Waals surface area contributed by atoms with Crippen LogP contribution in [0.1, 0.15) is 73.9 Å². The molecule has 2 aromatic heterocycles. The highest BCUT2D eigenvalue weighted by atomic mass is 16.2. The molecule has 0 saturated heterocycles. The molecule has 8 heteroatoms. The van der Waals surface area contributed by atoms with Crippen LogP contribution in [-0.4, -0.2) is 50.6 Å². The van der Waals surface area contributed by atoms with E-state index >= 15 is 0 Å². The Morgan fingerprint density at radius 3 is 2.68 bits per heavy atom. The fourth-order valence-electron chi connectivity index (χ4n) is 6.62. The summed E-state index contributed by atoms with van der Waals surface area (Å²) >= 11 is 0. The third-order valence-corrected chi connectivity index (χ3v) is 8.56. The van der Waals surface area contributed by atoms with Gasteiger partial charge in [0.2, 0.25) is 0 Å². The van der Waals surface area contributed by atoms with Crippen molar-refractivity contribution < 1.29 is 4.79 Å². The minimum Gasteiger partial charge on any atom is -0.341 e. The zero-order valence-electron chi connectivity index (χ0n) is 22.5. The molecule has 0 unspecified atom stereocenters. The molecule has 1 aromatic carbocycles. The van der Waals surface area contributed by atoms with E-state index in [0.29, 0.717) is 12.6 Å². The molecule has 3 aliphatic rings. The zero-order valence-corrected chi connectivity index (χ0v) is 22.5. The summed E-state index contributed by atoms with van der Waals surface area (Å²) in [7, 11) is 3.69. The topological polar surface area (TPSA) is 71.2 Å². The SMILES string of the molecule is CCc1cc2c(cc1-c1cnn(C)c1)CCCN2c1nn(C2CCCCC2)c2c1CN(C(=O)NC)CC2. The van der Waals surface area contributed by atoms with Crippen LogP contribution in [0, 0.1) is 0 Å². The molecule has 3 aromatic rings. The normalized spacial score (nSPS) is 18.0. The van der Waals surface area contributed by atoms with E-state index in [1.807, 2.05) is 22.8 Å². The van der Waals surface area contributed by atoms with Crippen molar-refractivity contribution in [2.75, 3.05) is 25.0 Å².